The number of hydrogen-bond acceptors (Lipinski definition) is 5. The molecule has 0 bridgehead atoms. The number of hydrogen-bond donors (Lipinski definition) is 0. The van der Waals surface area contributed by atoms with Crippen molar-refractivity contribution >= 4 is 6.29 Å². The van der Waals surface area contributed by atoms with Gasteiger partial charge in [0, 0.05) is 12.4 Å². The van der Waals surface area contributed by atoms with E-state index in [0.717, 1.165) is 5.75 Å². The Labute approximate surface area is 104 Å². The summed E-state index contributed by atoms with van der Waals surface area (Å²) >= 11 is 0. The summed E-state index contributed by atoms with van der Waals surface area (Å²) in [6, 6.07) is 9.70. The van der Waals surface area contributed by atoms with E-state index in [1.54, 1.807) is 0 Å². The lowest BCUT2D eigenvalue weighted by molar-refractivity contribution is 0.112. The normalized spacial score (nSPS) is 9.78. The topological polar surface area (TPSA) is 61.3 Å². The van der Waals surface area contributed by atoms with Gasteiger partial charge in [0.05, 0.1) is 5.56 Å². The predicted molar refractivity (Wildman–Crippen MR) is 64.9 cm³/mol. The van der Waals surface area contributed by atoms with E-state index in [0.29, 0.717) is 25.1 Å². The van der Waals surface area contributed by atoms with Crippen LogP contribution in [0.15, 0.2) is 42.7 Å². The third-order valence-corrected chi connectivity index (χ3v) is 2.11. The summed E-state index contributed by atoms with van der Waals surface area (Å²) in [5, 5.41) is 0. The first kappa shape index (κ1) is 12.0. The molecule has 0 amide bonds. The van der Waals surface area contributed by atoms with E-state index in [1.165, 1.54) is 12.4 Å². The first-order chi connectivity index (χ1) is 8.88. The van der Waals surface area contributed by atoms with Crippen LogP contribution in [0.3, 0.4) is 0 Å². The minimum Gasteiger partial charge on any atom is -0.490 e. The Balaban J connectivity index is 1.73. The average molecular weight is 244 g/mol. The Morgan fingerprint density at radius 1 is 1.00 bits per heavy atom. The standard InChI is InChI=1S/C13H12N2O3/c16-10-11-8-14-13(15-9-11)18-7-6-17-12-4-2-1-3-5-12/h1-5,8-10H,6-7H2. The maximum atomic E-state index is 10.4. The average Bonchev–Trinajstić information content (AvgIpc) is 2.45. The summed E-state index contributed by atoms with van der Waals surface area (Å²) in [6.45, 7) is 0.748. The van der Waals surface area contributed by atoms with Gasteiger partial charge in [0.2, 0.25) is 0 Å². The summed E-state index contributed by atoms with van der Waals surface area (Å²) in [4.78, 5) is 18.1. The molecule has 0 atom stereocenters. The van der Waals surface area contributed by atoms with Gasteiger partial charge < -0.3 is 9.47 Å². The van der Waals surface area contributed by atoms with Gasteiger partial charge in [0.1, 0.15) is 19.0 Å². The molecule has 0 N–H and O–H groups in total. The highest BCUT2D eigenvalue weighted by molar-refractivity contribution is 5.73. The van der Waals surface area contributed by atoms with Crippen molar-refractivity contribution in [1.82, 2.24) is 9.97 Å². The van der Waals surface area contributed by atoms with Crippen LogP contribution in [-0.4, -0.2) is 29.5 Å². The first-order valence-electron chi connectivity index (χ1n) is 5.46. The molecule has 2 aromatic rings. The number of aldehydes is 1. The number of para-hydroxylation sites is 1. The van der Waals surface area contributed by atoms with E-state index in [-0.39, 0.29) is 6.01 Å². The van der Waals surface area contributed by atoms with Gasteiger partial charge in [-0.25, -0.2) is 9.97 Å². The van der Waals surface area contributed by atoms with E-state index < -0.39 is 0 Å². The Hall–Kier alpha value is -2.43. The van der Waals surface area contributed by atoms with Crippen molar-refractivity contribution in [3.8, 4) is 11.8 Å². The molecule has 5 nitrogen and oxygen atoms in total. The Morgan fingerprint density at radius 3 is 2.33 bits per heavy atom. The lowest BCUT2D eigenvalue weighted by atomic mass is 10.3. The van der Waals surface area contributed by atoms with E-state index in [4.69, 9.17) is 9.47 Å². The van der Waals surface area contributed by atoms with E-state index in [9.17, 15) is 4.79 Å². The largest absolute Gasteiger partial charge is 0.490 e. The lowest BCUT2D eigenvalue weighted by Gasteiger charge is -2.06. The van der Waals surface area contributed by atoms with Gasteiger partial charge >= 0.3 is 6.01 Å². The number of nitrogens with zero attached hydrogens (tertiary/aromatic N) is 2. The van der Waals surface area contributed by atoms with Crippen LogP contribution in [-0.2, 0) is 0 Å². The molecule has 0 saturated carbocycles. The number of carbonyl (C=O) groups is 1. The summed E-state index contributed by atoms with van der Waals surface area (Å²) in [6.07, 6.45) is 3.50. The van der Waals surface area contributed by atoms with Gasteiger partial charge in [0.15, 0.2) is 6.29 Å². The van der Waals surface area contributed by atoms with Crippen LogP contribution in [0.1, 0.15) is 10.4 Å². The third kappa shape index (κ3) is 3.55. The molecule has 92 valence electrons. The second-order valence-corrected chi connectivity index (χ2v) is 3.43. The van der Waals surface area contributed by atoms with E-state index in [2.05, 4.69) is 9.97 Å². The number of benzene rings is 1. The Kier molecular flexibility index (Phi) is 4.24. The fourth-order valence-electron chi connectivity index (χ4n) is 1.27. The summed E-state index contributed by atoms with van der Waals surface area (Å²) in [7, 11) is 0. The molecule has 5 heteroatoms. The van der Waals surface area contributed by atoms with Crippen LogP contribution in [0.2, 0.25) is 0 Å². The van der Waals surface area contributed by atoms with Crippen molar-refractivity contribution in [2.24, 2.45) is 0 Å². The van der Waals surface area contributed by atoms with Gasteiger partial charge in [-0.1, -0.05) is 18.2 Å². The monoisotopic (exact) mass is 244 g/mol. The second-order valence-electron chi connectivity index (χ2n) is 3.43. The van der Waals surface area contributed by atoms with Crippen molar-refractivity contribution < 1.29 is 14.3 Å². The van der Waals surface area contributed by atoms with Crippen LogP contribution in [0.25, 0.3) is 0 Å². The number of carbonyl (C=O) groups excluding carboxylic acids is 1. The van der Waals surface area contributed by atoms with Crippen molar-refractivity contribution in [3.63, 3.8) is 0 Å². The van der Waals surface area contributed by atoms with Crippen LogP contribution in [0, 0.1) is 0 Å². The molecule has 0 aliphatic rings. The van der Waals surface area contributed by atoms with Crippen molar-refractivity contribution in [3.05, 3.63) is 48.3 Å². The molecule has 2 rings (SSSR count). The molecular weight excluding hydrogens is 232 g/mol. The summed E-state index contributed by atoms with van der Waals surface area (Å²) < 4.78 is 10.7. The van der Waals surface area contributed by atoms with Crippen LogP contribution >= 0.6 is 0 Å². The van der Waals surface area contributed by atoms with E-state index in [1.807, 2.05) is 30.3 Å². The van der Waals surface area contributed by atoms with Crippen LogP contribution in [0.5, 0.6) is 11.8 Å². The number of ether oxygens (including phenoxy) is 2. The van der Waals surface area contributed by atoms with Gasteiger partial charge in [0.25, 0.3) is 0 Å². The van der Waals surface area contributed by atoms with Gasteiger partial charge in [-0.2, -0.15) is 0 Å². The van der Waals surface area contributed by atoms with Crippen molar-refractivity contribution in [1.29, 1.82) is 0 Å². The Morgan fingerprint density at radius 2 is 1.67 bits per heavy atom. The smallest absolute Gasteiger partial charge is 0.316 e. The molecule has 18 heavy (non-hydrogen) atoms. The second kappa shape index (κ2) is 6.34. The zero-order valence-corrected chi connectivity index (χ0v) is 9.65. The molecule has 0 aliphatic carbocycles. The fraction of sp³-hybridized carbons (Fsp3) is 0.154. The summed E-state index contributed by atoms with van der Waals surface area (Å²) in [5.74, 6) is 0.790. The van der Waals surface area contributed by atoms with Crippen molar-refractivity contribution in [2.45, 2.75) is 0 Å². The van der Waals surface area contributed by atoms with Gasteiger partial charge in [-0.3, -0.25) is 4.79 Å². The molecule has 0 spiro atoms. The minimum atomic E-state index is 0.234. The van der Waals surface area contributed by atoms with Crippen molar-refractivity contribution in [2.75, 3.05) is 13.2 Å². The van der Waals surface area contributed by atoms with Gasteiger partial charge in [-0.15, -0.1) is 0 Å². The fourth-order valence-corrected chi connectivity index (χ4v) is 1.27. The molecular formula is C13H12N2O3. The maximum Gasteiger partial charge on any atom is 0.316 e. The SMILES string of the molecule is O=Cc1cnc(OCCOc2ccccc2)nc1. The molecule has 0 radical (unpaired) electrons. The highest BCUT2D eigenvalue weighted by atomic mass is 16.5. The zero-order valence-electron chi connectivity index (χ0n) is 9.65. The van der Waals surface area contributed by atoms with E-state index >= 15 is 0 Å². The predicted octanol–water partition coefficient (Wildman–Crippen LogP) is 1.75. The molecule has 0 aliphatic heterocycles. The summed E-state index contributed by atoms with van der Waals surface area (Å²) in [5.41, 5.74) is 0.419. The Bertz CT molecular complexity index is 485. The highest BCUT2D eigenvalue weighted by Gasteiger charge is 1.98. The highest BCUT2D eigenvalue weighted by Crippen LogP contribution is 2.08. The molecule has 1 heterocycles. The molecule has 1 aromatic heterocycles. The number of rotatable bonds is 6. The quantitative estimate of drug-likeness (QED) is 0.572. The lowest BCUT2D eigenvalue weighted by Crippen LogP contribution is -2.10. The zero-order chi connectivity index (χ0) is 12.6. The van der Waals surface area contributed by atoms with Gasteiger partial charge in [-0.05, 0) is 12.1 Å². The molecule has 0 saturated heterocycles. The number of aromatic nitrogens is 2. The third-order valence-electron chi connectivity index (χ3n) is 2.11. The van der Waals surface area contributed by atoms with Crippen LogP contribution < -0.4 is 9.47 Å². The molecule has 0 unspecified atom stereocenters. The molecule has 0 fully saturated rings. The molecule has 1 aromatic carbocycles. The van der Waals surface area contributed by atoms with Crippen LogP contribution in [0.4, 0.5) is 0 Å². The maximum absolute atomic E-state index is 10.4. The minimum absolute atomic E-state index is 0.234. The first-order valence-corrected chi connectivity index (χ1v) is 5.46.